The highest BCUT2D eigenvalue weighted by Crippen LogP contribution is 2.24. The van der Waals surface area contributed by atoms with Gasteiger partial charge in [0.2, 0.25) is 5.91 Å². The molecule has 0 aliphatic heterocycles. The molecule has 92 valence electrons. The van der Waals surface area contributed by atoms with Crippen molar-refractivity contribution in [1.29, 1.82) is 0 Å². The van der Waals surface area contributed by atoms with E-state index in [1.807, 2.05) is 25.1 Å². The highest BCUT2D eigenvalue weighted by molar-refractivity contribution is 7.18. The number of rotatable bonds is 3. The first-order chi connectivity index (χ1) is 7.69. The van der Waals surface area contributed by atoms with Crippen LogP contribution in [0.4, 0.5) is 5.69 Å². The van der Waals surface area contributed by atoms with Crippen LogP contribution in [0.1, 0.15) is 11.4 Å². The zero-order chi connectivity index (χ0) is 11.5. The predicted molar refractivity (Wildman–Crippen MR) is 73.9 cm³/mol. The summed E-state index contributed by atoms with van der Waals surface area (Å²) in [7, 11) is 0. The van der Waals surface area contributed by atoms with Crippen LogP contribution in [0.2, 0.25) is 0 Å². The fourth-order valence-corrected chi connectivity index (χ4v) is 2.34. The Bertz CT molecular complexity index is 526. The summed E-state index contributed by atoms with van der Waals surface area (Å²) < 4.78 is 1.09. The number of anilines is 1. The Balaban J connectivity index is 0.00000144. The second-order valence-electron chi connectivity index (χ2n) is 3.50. The van der Waals surface area contributed by atoms with Crippen molar-refractivity contribution >= 4 is 45.6 Å². The molecular formula is C11H14ClN3OS. The van der Waals surface area contributed by atoms with E-state index in [4.69, 9.17) is 5.73 Å². The Morgan fingerprint density at radius 3 is 3.00 bits per heavy atom. The van der Waals surface area contributed by atoms with Crippen LogP contribution in [0.15, 0.2) is 18.2 Å². The van der Waals surface area contributed by atoms with Gasteiger partial charge < -0.3 is 11.1 Å². The molecule has 1 aromatic carbocycles. The number of benzene rings is 1. The minimum absolute atomic E-state index is 0. The van der Waals surface area contributed by atoms with Crippen molar-refractivity contribution < 1.29 is 4.79 Å². The molecule has 0 saturated carbocycles. The van der Waals surface area contributed by atoms with E-state index in [9.17, 15) is 4.79 Å². The first-order valence-electron chi connectivity index (χ1n) is 5.06. The van der Waals surface area contributed by atoms with Gasteiger partial charge in [0, 0.05) is 18.7 Å². The molecule has 0 spiro atoms. The van der Waals surface area contributed by atoms with Gasteiger partial charge in [0.25, 0.3) is 0 Å². The number of carbonyl (C=O) groups is 1. The monoisotopic (exact) mass is 271 g/mol. The van der Waals surface area contributed by atoms with Crippen LogP contribution in [-0.4, -0.2) is 17.4 Å². The summed E-state index contributed by atoms with van der Waals surface area (Å²) in [5.41, 5.74) is 7.08. The Morgan fingerprint density at radius 2 is 2.29 bits per heavy atom. The fraction of sp³-hybridized carbons (Fsp3) is 0.273. The number of hydrogen-bond acceptors (Lipinski definition) is 4. The predicted octanol–water partition coefficient (Wildman–Crippen LogP) is 2.31. The van der Waals surface area contributed by atoms with Crippen molar-refractivity contribution in [3.8, 4) is 0 Å². The number of aryl methyl sites for hydroxylation is 1. The molecule has 0 unspecified atom stereocenters. The number of nitrogens with two attached hydrogens (primary N) is 1. The lowest BCUT2D eigenvalue weighted by Crippen LogP contribution is -2.15. The van der Waals surface area contributed by atoms with Gasteiger partial charge in [-0.05, 0) is 25.1 Å². The van der Waals surface area contributed by atoms with Gasteiger partial charge in [-0.15, -0.1) is 23.7 Å². The Hall–Kier alpha value is -1.17. The zero-order valence-electron chi connectivity index (χ0n) is 9.40. The maximum Gasteiger partial charge on any atom is 0.225 e. The number of carbonyl (C=O) groups excluding carboxylic acids is 1. The number of fused-ring (bicyclic) bond motifs is 1. The average Bonchev–Trinajstić information content (AvgIpc) is 2.57. The molecule has 1 amide bonds. The maximum absolute atomic E-state index is 11.4. The van der Waals surface area contributed by atoms with Crippen LogP contribution in [0.3, 0.4) is 0 Å². The van der Waals surface area contributed by atoms with Crippen LogP contribution in [-0.2, 0) is 4.79 Å². The van der Waals surface area contributed by atoms with Gasteiger partial charge in [0.05, 0.1) is 15.2 Å². The van der Waals surface area contributed by atoms with Crippen molar-refractivity contribution in [2.45, 2.75) is 13.3 Å². The third-order valence-electron chi connectivity index (χ3n) is 2.15. The summed E-state index contributed by atoms with van der Waals surface area (Å²) in [4.78, 5) is 15.7. The number of nitrogens with one attached hydrogen (secondary N) is 1. The van der Waals surface area contributed by atoms with E-state index in [0.29, 0.717) is 13.0 Å². The van der Waals surface area contributed by atoms with Crippen LogP contribution in [0.25, 0.3) is 10.2 Å². The smallest absolute Gasteiger partial charge is 0.225 e. The molecule has 0 radical (unpaired) electrons. The van der Waals surface area contributed by atoms with Gasteiger partial charge in [-0.25, -0.2) is 4.98 Å². The number of halogens is 1. The van der Waals surface area contributed by atoms with E-state index >= 15 is 0 Å². The summed E-state index contributed by atoms with van der Waals surface area (Å²) in [5, 5.41) is 3.83. The van der Waals surface area contributed by atoms with Gasteiger partial charge in [-0.3, -0.25) is 4.79 Å². The highest BCUT2D eigenvalue weighted by Gasteiger charge is 2.04. The van der Waals surface area contributed by atoms with E-state index < -0.39 is 0 Å². The lowest BCUT2D eigenvalue weighted by molar-refractivity contribution is -0.116. The van der Waals surface area contributed by atoms with Crippen LogP contribution >= 0.6 is 23.7 Å². The van der Waals surface area contributed by atoms with Crippen molar-refractivity contribution in [3.05, 3.63) is 23.2 Å². The quantitative estimate of drug-likeness (QED) is 0.900. The van der Waals surface area contributed by atoms with Crippen LogP contribution < -0.4 is 11.1 Å². The molecule has 2 rings (SSSR count). The summed E-state index contributed by atoms with van der Waals surface area (Å²) >= 11 is 1.62. The van der Waals surface area contributed by atoms with Crippen molar-refractivity contribution in [2.24, 2.45) is 5.73 Å². The molecule has 4 nitrogen and oxygen atoms in total. The van der Waals surface area contributed by atoms with Gasteiger partial charge in [-0.1, -0.05) is 0 Å². The molecule has 0 saturated heterocycles. The summed E-state index contributed by atoms with van der Waals surface area (Å²) in [6.45, 7) is 2.34. The Morgan fingerprint density at radius 1 is 1.53 bits per heavy atom. The van der Waals surface area contributed by atoms with Gasteiger partial charge in [-0.2, -0.15) is 0 Å². The molecule has 3 N–H and O–H groups in total. The lowest BCUT2D eigenvalue weighted by Gasteiger charge is -2.03. The summed E-state index contributed by atoms with van der Waals surface area (Å²) in [6, 6.07) is 5.71. The third kappa shape index (κ3) is 3.39. The van der Waals surface area contributed by atoms with Crippen molar-refractivity contribution in [2.75, 3.05) is 11.9 Å². The van der Waals surface area contributed by atoms with Crippen molar-refractivity contribution in [3.63, 3.8) is 0 Å². The van der Waals surface area contributed by atoms with Gasteiger partial charge in [0.15, 0.2) is 0 Å². The maximum atomic E-state index is 11.4. The minimum Gasteiger partial charge on any atom is -0.330 e. The van der Waals surface area contributed by atoms with Crippen LogP contribution in [0.5, 0.6) is 0 Å². The third-order valence-corrected chi connectivity index (χ3v) is 3.08. The highest BCUT2D eigenvalue weighted by atomic mass is 35.5. The van der Waals surface area contributed by atoms with E-state index in [1.165, 1.54) is 0 Å². The van der Waals surface area contributed by atoms with Crippen LogP contribution in [0, 0.1) is 6.92 Å². The zero-order valence-corrected chi connectivity index (χ0v) is 11.0. The van der Waals surface area contributed by atoms with Gasteiger partial charge in [0.1, 0.15) is 0 Å². The van der Waals surface area contributed by atoms with E-state index in [2.05, 4.69) is 10.3 Å². The number of aromatic nitrogens is 1. The SMILES string of the molecule is Cc1nc2ccc(NC(=O)CCN)cc2s1.Cl. The van der Waals surface area contributed by atoms with Gasteiger partial charge >= 0.3 is 0 Å². The second-order valence-corrected chi connectivity index (χ2v) is 4.74. The standard InChI is InChI=1S/C11H13N3OS.ClH/c1-7-13-9-3-2-8(6-10(9)16-7)14-11(15)4-5-12;/h2-3,6H,4-5,12H2,1H3,(H,14,15);1H. The average molecular weight is 272 g/mol. The van der Waals surface area contributed by atoms with E-state index in [-0.39, 0.29) is 18.3 Å². The molecule has 1 heterocycles. The normalized spacial score (nSPS) is 10.0. The summed E-state index contributed by atoms with van der Waals surface area (Å²) in [6.07, 6.45) is 0.347. The largest absolute Gasteiger partial charge is 0.330 e. The first kappa shape index (κ1) is 13.9. The molecule has 0 atom stereocenters. The lowest BCUT2D eigenvalue weighted by atomic mass is 10.3. The molecule has 0 aliphatic rings. The molecule has 1 aromatic heterocycles. The van der Waals surface area contributed by atoms with E-state index in [0.717, 1.165) is 20.9 Å². The Labute approximate surface area is 110 Å². The fourth-order valence-electron chi connectivity index (χ4n) is 1.47. The minimum atomic E-state index is -0.0527. The topological polar surface area (TPSA) is 68.0 Å². The molecule has 17 heavy (non-hydrogen) atoms. The molecule has 0 fully saturated rings. The number of thiazole rings is 1. The number of hydrogen-bond donors (Lipinski definition) is 2. The summed E-state index contributed by atoms with van der Waals surface area (Å²) in [5.74, 6) is -0.0527. The number of nitrogens with zero attached hydrogens (tertiary/aromatic N) is 1. The molecule has 2 aromatic rings. The van der Waals surface area contributed by atoms with Crippen molar-refractivity contribution in [1.82, 2.24) is 4.98 Å². The molecule has 0 bridgehead atoms. The second kappa shape index (κ2) is 5.95. The molecular weight excluding hydrogens is 258 g/mol. The molecule has 6 heteroatoms. The Kier molecular flexibility index (Phi) is 4.86. The van der Waals surface area contributed by atoms with E-state index in [1.54, 1.807) is 11.3 Å². The molecule has 0 aliphatic carbocycles. The number of amides is 1. The first-order valence-corrected chi connectivity index (χ1v) is 5.88.